The van der Waals surface area contributed by atoms with Gasteiger partial charge in [-0.1, -0.05) is 41.9 Å². The summed E-state index contributed by atoms with van der Waals surface area (Å²) in [5.74, 6) is 0.807. The first-order valence-electron chi connectivity index (χ1n) is 9.61. The molecule has 0 spiro atoms. The van der Waals surface area contributed by atoms with Gasteiger partial charge in [0.05, 0.1) is 7.11 Å². The molecule has 3 aromatic carbocycles. The number of amides is 1. The number of ether oxygens (including phenoxy) is 2. The average molecular weight is 425 g/mol. The first-order valence-corrected chi connectivity index (χ1v) is 9.99. The Kier molecular flexibility index (Phi) is 7.20. The van der Waals surface area contributed by atoms with Crippen LogP contribution in [0.2, 0.25) is 5.02 Å². The quantitative estimate of drug-likeness (QED) is 0.494. The first kappa shape index (κ1) is 21.5. The fraction of sp³-hybridized carbons (Fsp3) is 0.208. The summed E-state index contributed by atoms with van der Waals surface area (Å²) in [5.41, 5.74) is 4.90. The van der Waals surface area contributed by atoms with E-state index in [0.29, 0.717) is 28.8 Å². The molecule has 0 radical (unpaired) electrons. The van der Waals surface area contributed by atoms with Gasteiger partial charge in [0.15, 0.2) is 18.1 Å². The molecule has 2 N–H and O–H groups in total. The van der Waals surface area contributed by atoms with Gasteiger partial charge in [0, 0.05) is 22.9 Å². The fourth-order valence-corrected chi connectivity index (χ4v) is 3.10. The molecule has 0 aliphatic heterocycles. The van der Waals surface area contributed by atoms with E-state index in [4.69, 9.17) is 21.1 Å². The van der Waals surface area contributed by atoms with Crippen LogP contribution in [0.4, 0.5) is 11.4 Å². The summed E-state index contributed by atoms with van der Waals surface area (Å²) >= 11 is 6.09. The lowest BCUT2D eigenvalue weighted by molar-refractivity contribution is -0.118. The standard InChI is InChI=1S/C24H25ClN2O3/c1-16-8-10-19(13-20(16)25)27-24(28)15-30-22-11-9-18(12-23(22)29-3)14-26-21-7-5-4-6-17(21)2/h4-13,26H,14-15H2,1-3H3,(H,27,28). The zero-order valence-electron chi connectivity index (χ0n) is 17.3. The number of benzene rings is 3. The summed E-state index contributed by atoms with van der Waals surface area (Å²) in [6, 6.07) is 19.1. The van der Waals surface area contributed by atoms with Crippen molar-refractivity contribution in [3.05, 3.63) is 82.4 Å². The Bertz CT molecular complexity index is 1040. The molecule has 0 heterocycles. The number of carbonyl (C=O) groups is 1. The van der Waals surface area contributed by atoms with Crippen molar-refractivity contribution in [2.75, 3.05) is 24.4 Å². The topological polar surface area (TPSA) is 59.6 Å². The van der Waals surface area contributed by atoms with Crippen LogP contribution in [-0.2, 0) is 11.3 Å². The summed E-state index contributed by atoms with van der Waals surface area (Å²) in [6.45, 7) is 4.48. The van der Waals surface area contributed by atoms with Gasteiger partial charge < -0.3 is 20.1 Å². The Morgan fingerprint density at radius 1 is 0.967 bits per heavy atom. The predicted molar refractivity (Wildman–Crippen MR) is 122 cm³/mol. The van der Waals surface area contributed by atoms with Gasteiger partial charge in [-0.05, 0) is 60.9 Å². The summed E-state index contributed by atoms with van der Waals surface area (Å²) < 4.78 is 11.1. The van der Waals surface area contributed by atoms with Crippen molar-refractivity contribution in [1.29, 1.82) is 0 Å². The summed E-state index contributed by atoms with van der Waals surface area (Å²) in [6.07, 6.45) is 0. The second kappa shape index (κ2) is 10.0. The SMILES string of the molecule is COc1cc(CNc2ccccc2C)ccc1OCC(=O)Nc1ccc(C)c(Cl)c1. The molecule has 0 saturated carbocycles. The van der Waals surface area contributed by atoms with E-state index in [1.54, 1.807) is 19.2 Å². The van der Waals surface area contributed by atoms with Crippen molar-refractivity contribution >= 4 is 28.9 Å². The van der Waals surface area contributed by atoms with Gasteiger partial charge in [0.25, 0.3) is 5.91 Å². The number of para-hydroxylation sites is 1. The number of methoxy groups -OCH3 is 1. The molecule has 1 amide bonds. The van der Waals surface area contributed by atoms with Crippen LogP contribution in [0.1, 0.15) is 16.7 Å². The van der Waals surface area contributed by atoms with Gasteiger partial charge in [-0.15, -0.1) is 0 Å². The molecule has 0 saturated heterocycles. The van der Waals surface area contributed by atoms with Crippen molar-refractivity contribution in [1.82, 2.24) is 0 Å². The van der Waals surface area contributed by atoms with Crippen molar-refractivity contribution in [3.63, 3.8) is 0 Å². The van der Waals surface area contributed by atoms with Crippen LogP contribution in [0.15, 0.2) is 60.7 Å². The number of rotatable bonds is 8. The molecule has 5 nitrogen and oxygen atoms in total. The highest BCUT2D eigenvalue weighted by atomic mass is 35.5. The van der Waals surface area contributed by atoms with Crippen LogP contribution in [0, 0.1) is 13.8 Å². The molecule has 3 aromatic rings. The van der Waals surface area contributed by atoms with Gasteiger partial charge in [-0.2, -0.15) is 0 Å². The highest BCUT2D eigenvalue weighted by Crippen LogP contribution is 2.29. The lowest BCUT2D eigenvalue weighted by atomic mass is 10.1. The average Bonchev–Trinajstić information content (AvgIpc) is 2.74. The molecule has 156 valence electrons. The zero-order valence-corrected chi connectivity index (χ0v) is 18.0. The van der Waals surface area contributed by atoms with E-state index in [0.717, 1.165) is 16.8 Å². The van der Waals surface area contributed by atoms with Crippen molar-refractivity contribution < 1.29 is 14.3 Å². The Balaban J connectivity index is 1.58. The Hall–Kier alpha value is -3.18. The molecule has 0 aromatic heterocycles. The molecule has 30 heavy (non-hydrogen) atoms. The maximum atomic E-state index is 12.2. The monoisotopic (exact) mass is 424 g/mol. The normalized spacial score (nSPS) is 10.4. The highest BCUT2D eigenvalue weighted by molar-refractivity contribution is 6.31. The number of nitrogens with one attached hydrogen (secondary N) is 2. The second-order valence-corrected chi connectivity index (χ2v) is 7.36. The Morgan fingerprint density at radius 2 is 1.77 bits per heavy atom. The van der Waals surface area contributed by atoms with E-state index < -0.39 is 0 Å². The van der Waals surface area contributed by atoms with Crippen molar-refractivity contribution in [2.24, 2.45) is 0 Å². The van der Waals surface area contributed by atoms with E-state index in [9.17, 15) is 4.79 Å². The zero-order chi connectivity index (χ0) is 21.5. The molecule has 6 heteroatoms. The smallest absolute Gasteiger partial charge is 0.262 e. The maximum Gasteiger partial charge on any atom is 0.262 e. The lowest BCUT2D eigenvalue weighted by Gasteiger charge is -2.14. The molecule has 0 aliphatic carbocycles. The maximum absolute atomic E-state index is 12.2. The van der Waals surface area contributed by atoms with Crippen molar-refractivity contribution in [2.45, 2.75) is 20.4 Å². The third-order valence-corrected chi connectivity index (χ3v) is 5.08. The van der Waals surface area contributed by atoms with Gasteiger partial charge >= 0.3 is 0 Å². The predicted octanol–water partition coefficient (Wildman–Crippen LogP) is 5.60. The lowest BCUT2D eigenvalue weighted by Crippen LogP contribution is -2.20. The van der Waals surface area contributed by atoms with E-state index in [2.05, 4.69) is 23.6 Å². The largest absolute Gasteiger partial charge is 0.493 e. The minimum Gasteiger partial charge on any atom is -0.493 e. The summed E-state index contributed by atoms with van der Waals surface area (Å²) in [7, 11) is 1.58. The Morgan fingerprint density at radius 3 is 2.50 bits per heavy atom. The summed E-state index contributed by atoms with van der Waals surface area (Å²) in [5, 5.41) is 6.79. The van der Waals surface area contributed by atoms with Gasteiger partial charge in [0.1, 0.15) is 0 Å². The van der Waals surface area contributed by atoms with E-state index in [-0.39, 0.29) is 12.5 Å². The van der Waals surface area contributed by atoms with Crippen LogP contribution in [0.25, 0.3) is 0 Å². The number of hydrogen-bond acceptors (Lipinski definition) is 4. The minimum atomic E-state index is -0.276. The van der Waals surface area contributed by atoms with Gasteiger partial charge in [-0.3, -0.25) is 4.79 Å². The highest BCUT2D eigenvalue weighted by Gasteiger charge is 2.10. The van der Waals surface area contributed by atoms with Crippen LogP contribution in [0.5, 0.6) is 11.5 Å². The van der Waals surface area contributed by atoms with Gasteiger partial charge in [0.2, 0.25) is 0 Å². The minimum absolute atomic E-state index is 0.136. The number of hydrogen-bond donors (Lipinski definition) is 2. The third-order valence-electron chi connectivity index (χ3n) is 4.67. The number of carbonyl (C=O) groups excluding carboxylic acids is 1. The van der Waals surface area contributed by atoms with E-state index >= 15 is 0 Å². The number of halogens is 1. The van der Waals surface area contributed by atoms with Crippen LogP contribution in [-0.4, -0.2) is 19.6 Å². The van der Waals surface area contributed by atoms with E-state index in [1.807, 2.05) is 49.4 Å². The molecular formula is C24H25ClN2O3. The molecule has 0 unspecified atom stereocenters. The third kappa shape index (κ3) is 5.67. The summed E-state index contributed by atoms with van der Waals surface area (Å²) in [4.78, 5) is 12.2. The first-order chi connectivity index (χ1) is 14.5. The number of aryl methyl sites for hydroxylation is 2. The van der Waals surface area contributed by atoms with Crippen molar-refractivity contribution in [3.8, 4) is 11.5 Å². The van der Waals surface area contributed by atoms with Crippen LogP contribution >= 0.6 is 11.6 Å². The van der Waals surface area contributed by atoms with Gasteiger partial charge in [-0.25, -0.2) is 0 Å². The molecule has 0 bridgehead atoms. The molecule has 3 rings (SSSR count). The van der Waals surface area contributed by atoms with Crippen LogP contribution < -0.4 is 20.1 Å². The van der Waals surface area contributed by atoms with E-state index in [1.165, 1.54) is 5.56 Å². The molecule has 0 aliphatic rings. The Labute approximate surface area is 182 Å². The second-order valence-electron chi connectivity index (χ2n) is 6.95. The number of anilines is 2. The molecule has 0 fully saturated rings. The fourth-order valence-electron chi connectivity index (χ4n) is 2.92. The molecular weight excluding hydrogens is 400 g/mol. The van der Waals surface area contributed by atoms with Crippen LogP contribution in [0.3, 0.4) is 0 Å². The molecule has 0 atom stereocenters.